The second-order valence-electron chi connectivity index (χ2n) is 5.61. The molecule has 3 rings (SSSR count). The number of rotatable bonds is 5. The molecule has 2 aromatic carbocycles. The topological polar surface area (TPSA) is 58.6 Å². The lowest BCUT2D eigenvalue weighted by Gasteiger charge is -2.16. The zero-order valence-electron chi connectivity index (χ0n) is 13.6. The minimum absolute atomic E-state index is 0.148. The molecule has 0 bridgehead atoms. The summed E-state index contributed by atoms with van der Waals surface area (Å²) < 4.78 is 5.37. The smallest absolute Gasteiger partial charge is 0.239 e. The van der Waals surface area contributed by atoms with Gasteiger partial charge in [-0.2, -0.15) is 0 Å². The van der Waals surface area contributed by atoms with E-state index in [-0.39, 0.29) is 11.8 Å². The molecule has 0 aliphatic carbocycles. The summed E-state index contributed by atoms with van der Waals surface area (Å²) >= 11 is 0. The first-order valence-electron chi connectivity index (χ1n) is 8.09. The molecular weight excluding hydrogens is 304 g/mol. The van der Waals surface area contributed by atoms with Crippen LogP contribution in [0.25, 0.3) is 0 Å². The number of para-hydroxylation sites is 1. The molecular formula is C19H20N2O3. The summed E-state index contributed by atoms with van der Waals surface area (Å²) in [6, 6.07) is 16.6. The highest BCUT2D eigenvalue weighted by Gasteiger charge is 2.37. The van der Waals surface area contributed by atoms with Gasteiger partial charge >= 0.3 is 0 Å². The van der Waals surface area contributed by atoms with Crippen molar-refractivity contribution in [1.82, 2.24) is 0 Å². The number of hydrogen-bond donors (Lipinski definition) is 1. The summed E-state index contributed by atoms with van der Waals surface area (Å²) in [5.74, 6) is -0.299. The van der Waals surface area contributed by atoms with Crippen molar-refractivity contribution in [3.8, 4) is 5.75 Å². The van der Waals surface area contributed by atoms with Gasteiger partial charge in [0.15, 0.2) is 0 Å². The van der Waals surface area contributed by atoms with Crippen molar-refractivity contribution in [3.63, 3.8) is 0 Å². The van der Waals surface area contributed by atoms with E-state index in [1.807, 2.05) is 37.3 Å². The normalized spacial score (nSPS) is 17.0. The molecule has 0 saturated carbocycles. The van der Waals surface area contributed by atoms with E-state index in [9.17, 15) is 9.59 Å². The summed E-state index contributed by atoms with van der Waals surface area (Å²) in [6.45, 7) is 3.07. The summed E-state index contributed by atoms with van der Waals surface area (Å²) in [4.78, 5) is 26.6. The Morgan fingerprint density at radius 1 is 1.17 bits per heavy atom. The molecule has 1 fully saturated rings. The standard InChI is InChI=1S/C19H20N2O3/c1-2-24-16-10-8-14(9-11-16)20-18(22)17-12-13-21(19(17)23)15-6-4-3-5-7-15/h3-11,17H,2,12-13H2,1H3,(H,20,22)/t17-/m0/s1. The van der Waals surface area contributed by atoms with E-state index in [2.05, 4.69) is 5.32 Å². The molecule has 1 aliphatic rings. The molecule has 1 atom stereocenters. The molecule has 1 saturated heterocycles. The number of ether oxygens (including phenoxy) is 1. The minimum atomic E-state index is -0.642. The zero-order chi connectivity index (χ0) is 16.9. The van der Waals surface area contributed by atoms with Crippen LogP contribution in [0.15, 0.2) is 54.6 Å². The van der Waals surface area contributed by atoms with Gasteiger partial charge in [0, 0.05) is 17.9 Å². The second-order valence-corrected chi connectivity index (χ2v) is 5.61. The van der Waals surface area contributed by atoms with Crippen molar-refractivity contribution in [2.45, 2.75) is 13.3 Å². The predicted molar refractivity (Wildman–Crippen MR) is 93.1 cm³/mol. The van der Waals surface area contributed by atoms with E-state index < -0.39 is 5.92 Å². The van der Waals surface area contributed by atoms with Crippen LogP contribution in [0.1, 0.15) is 13.3 Å². The van der Waals surface area contributed by atoms with E-state index in [0.29, 0.717) is 25.3 Å². The quantitative estimate of drug-likeness (QED) is 0.860. The fourth-order valence-electron chi connectivity index (χ4n) is 2.82. The molecule has 24 heavy (non-hydrogen) atoms. The predicted octanol–water partition coefficient (Wildman–Crippen LogP) is 3.08. The third-order valence-corrected chi connectivity index (χ3v) is 4.02. The highest BCUT2D eigenvalue weighted by molar-refractivity contribution is 6.13. The average molecular weight is 324 g/mol. The Labute approximate surface area is 141 Å². The highest BCUT2D eigenvalue weighted by Crippen LogP contribution is 2.26. The number of amides is 2. The molecule has 1 aliphatic heterocycles. The van der Waals surface area contributed by atoms with E-state index in [4.69, 9.17) is 4.74 Å². The van der Waals surface area contributed by atoms with Crippen LogP contribution >= 0.6 is 0 Å². The van der Waals surface area contributed by atoms with Crippen LogP contribution in [0.4, 0.5) is 11.4 Å². The molecule has 1 N–H and O–H groups in total. The van der Waals surface area contributed by atoms with Gasteiger partial charge in [0.05, 0.1) is 6.61 Å². The SMILES string of the molecule is CCOc1ccc(NC(=O)[C@@H]2CCN(c3ccccc3)C2=O)cc1. The summed E-state index contributed by atoms with van der Waals surface area (Å²) in [7, 11) is 0. The van der Waals surface area contributed by atoms with Crippen molar-refractivity contribution >= 4 is 23.2 Å². The van der Waals surface area contributed by atoms with Gasteiger partial charge in [-0.3, -0.25) is 9.59 Å². The molecule has 0 spiro atoms. The molecule has 124 valence electrons. The number of carbonyl (C=O) groups is 2. The molecule has 5 nitrogen and oxygen atoms in total. The van der Waals surface area contributed by atoms with Crippen LogP contribution in [0.5, 0.6) is 5.75 Å². The molecule has 0 aromatic heterocycles. The fourth-order valence-corrected chi connectivity index (χ4v) is 2.82. The van der Waals surface area contributed by atoms with Crippen LogP contribution in [0, 0.1) is 5.92 Å². The first-order valence-corrected chi connectivity index (χ1v) is 8.09. The van der Waals surface area contributed by atoms with E-state index in [0.717, 1.165) is 11.4 Å². The number of hydrogen-bond acceptors (Lipinski definition) is 3. The Morgan fingerprint density at radius 2 is 1.88 bits per heavy atom. The lowest BCUT2D eigenvalue weighted by Crippen LogP contribution is -2.33. The maximum atomic E-state index is 12.5. The lowest BCUT2D eigenvalue weighted by atomic mass is 10.1. The Balaban J connectivity index is 1.64. The number of nitrogens with one attached hydrogen (secondary N) is 1. The number of nitrogens with zero attached hydrogens (tertiary/aromatic N) is 1. The van der Waals surface area contributed by atoms with Gasteiger partial charge in [-0.25, -0.2) is 0 Å². The van der Waals surface area contributed by atoms with Gasteiger partial charge < -0.3 is 15.0 Å². The van der Waals surface area contributed by atoms with Gasteiger partial charge in [-0.15, -0.1) is 0 Å². The van der Waals surface area contributed by atoms with E-state index in [1.54, 1.807) is 29.2 Å². The Morgan fingerprint density at radius 3 is 2.54 bits per heavy atom. The first kappa shape index (κ1) is 16.1. The van der Waals surface area contributed by atoms with Gasteiger partial charge in [0.2, 0.25) is 11.8 Å². The maximum Gasteiger partial charge on any atom is 0.239 e. The van der Waals surface area contributed by atoms with Gasteiger partial charge in [0.25, 0.3) is 0 Å². The van der Waals surface area contributed by atoms with Crippen molar-refractivity contribution < 1.29 is 14.3 Å². The number of carbonyl (C=O) groups excluding carboxylic acids is 2. The summed E-state index contributed by atoms with van der Waals surface area (Å²) in [5, 5.41) is 2.81. The maximum absolute atomic E-state index is 12.5. The van der Waals surface area contributed by atoms with Crippen molar-refractivity contribution in [2.24, 2.45) is 5.92 Å². The summed E-state index contributed by atoms with van der Waals surface area (Å²) in [6.07, 6.45) is 0.524. The Bertz CT molecular complexity index is 713. The minimum Gasteiger partial charge on any atom is -0.494 e. The average Bonchev–Trinajstić information content (AvgIpc) is 2.99. The van der Waals surface area contributed by atoms with E-state index in [1.165, 1.54) is 0 Å². The fraction of sp³-hybridized carbons (Fsp3) is 0.263. The van der Waals surface area contributed by atoms with E-state index >= 15 is 0 Å². The molecule has 0 unspecified atom stereocenters. The van der Waals surface area contributed by atoms with Crippen LogP contribution in [0.3, 0.4) is 0 Å². The van der Waals surface area contributed by atoms with Crippen LogP contribution in [0.2, 0.25) is 0 Å². The van der Waals surface area contributed by atoms with Crippen LogP contribution in [-0.4, -0.2) is 25.0 Å². The second kappa shape index (κ2) is 7.17. The highest BCUT2D eigenvalue weighted by atomic mass is 16.5. The number of benzene rings is 2. The Kier molecular flexibility index (Phi) is 4.79. The third kappa shape index (κ3) is 3.40. The molecule has 2 aromatic rings. The molecule has 2 amide bonds. The summed E-state index contributed by atoms with van der Waals surface area (Å²) in [5.41, 5.74) is 1.49. The lowest BCUT2D eigenvalue weighted by molar-refractivity contribution is -0.129. The van der Waals surface area contributed by atoms with Gasteiger partial charge in [-0.1, -0.05) is 18.2 Å². The molecule has 0 radical (unpaired) electrons. The largest absolute Gasteiger partial charge is 0.494 e. The van der Waals surface area contributed by atoms with Crippen LogP contribution < -0.4 is 15.0 Å². The van der Waals surface area contributed by atoms with Crippen molar-refractivity contribution in [1.29, 1.82) is 0 Å². The number of anilines is 2. The Hall–Kier alpha value is -2.82. The van der Waals surface area contributed by atoms with Gasteiger partial charge in [0.1, 0.15) is 11.7 Å². The van der Waals surface area contributed by atoms with Crippen LogP contribution in [-0.2, 0) is 9.59 Å². The van der Waals surface area contributed by atoms with Crippen molar-refractivity contribution in [2.75, 3.05) is 23.4 Å². The zero-order valence-corrected chi connectivity index (χ0v) is 13.6. The molecule has 5 heteroatoms. The third-order valence-electron chi connectivity index (χ3n) is 4.02. The van der Waals surface area contributed by atoms with Crippen molar-refractivity contribution in [3.05, 3.63) is 54.6 Å². The first-order chi connectivity index (χ1) is 11.7. The monoisotopic (exact) mass is 324 g/mol. The van der Waals surface area contributed by atoms with Gasteiger partial charge in [-0.05, 0) is 49.7 Å². The molecule has 1 heterocycles.